The smallest absolute Gasteiger partial charge is 0.330 e. The largest absolute Gasteiger partial charge is 0.479 e. The molecule has 1 aliphatic rings. The minimum Gasteiger partial charge on any atom is -0.479 e. The summed E-state index contributed by atoms with van der Waals surface area (Å²) >= 11 is 0. The van der Waals surface area contributed by atoms with Gasteiger partial charge in [-0.15, -0.1) is 0 Å². The highest BCUT2D eigenvalue weighted by Gasteiger charge is 2.27. The van der Waals surface area contributed by atoms with E-state index in [2.05, 4.69) is 19.2 Å². The molecule has 0 fully saturated rings. The van der Waals surface area contributed by atoms with E-state index in [4.69, 9.17) is 4.42 Å². The van der Waals surface area contributed by atoms with Crippen molar-refractivity contribution in [3.05, 3.63) is 58.5 Å². The Bertz CT molecular complexity index is 773. The summed E-state index contributed by atoms with van der Waals surface area (Å²) in [5.74, 6) is -0.948. The van der Waals surface area contributed by atoms with Crippen molar-refractivity contribution in [2.45, 2.75) is 51.5 Å². The van der Waals surface area contributed by atoms with Gasteiger partial charge < -0.3 is 14.8 Å². The number of carbonyl (C=O) groups excluding carboxylic acids is 1. The summed E-state index contributed by atoms with van der Waals surface area (Å²) < 4.78 is 5.44. The Labute approximate surface area is 147 Å². The van der Waals surface area contributed by atoms with Crippen molar-refractivity contribution in [3.8, 4) is 0 Å². The van der Waals surface area contributed by atoms with Crippen LogP contribution in [0.4, 0.5) is 0 Å². The van der Waals surface area contributed by atoms with E-state index in [1.54, 1.807) is 18.4 Å². The van der Waals surface area contributed by atoms with E-state index in [1.807, 2.05) is 12.1 Å². The van der Waals surface area contributed by atoms with Crippen LogP contribution in [0.25, 0.3) is 0 Å². The Morgan fingerprint density at radius 1 is 1.08 bits per heavy atom. The van der Waals surface area contributed by atoms with Crippen molar-refractivity contribution in [1.29, 1.82) is 0 Å². The molecule has 5 heteroatoms. The SMILES string of the molecule is CC(C)c1ccc(C(NC(=O)c2occ3c2CCCC3)C(=O)O)cc1. The number of hydrogen-bond donors (Lipinski definition) is 2. The average molecular weight is 341 g/mol. The first-order valence-corrected chi connectivity index (χ1v) is 8.70. The van der Waals surface area contributed by atoms with Gasteiger partial charge in [0.25, 0.3) is 5.91 Å². The maximum Gasteiger partial charge on any atom is 0.330 e. The zero-order chi connectivity index (χ0) is 18.0. The normalized spacial score (nSPS) is 14.8. The van der Waals surface area contributed by atoms with E-state index in [0.29, 0.717) is 11.5 Å². The number of aliphatic carboxylic acids is 1. The number of carbonyl (C=O) groups is 2. The number of aryl methyl sites for hydroxylation is 1. The van der Waals surface area contributed by atoms with Crippen LogP contribution in [0.5, 0.6) is 0 Å². The molecule has 0 spiro atoms. The van der Waals surface area contributed by atoms with Crippen molar-refractivity contribution >= 4 is 11.9 Å². The molecule has 1 amide bonds. The molecule has 0 saturated carbocycles. The topological polar surface area (TPSA) is 79.5 Å². The summed E-state index contributed by atoms with van der Waals surface area (Å²) in [6, 6.07) is 6.21. The van der Waals surface area contributed by atoms with Crippen LogP contribution < -0.4 is 5.32 Å². The van der Waals surface area contributed by atoms with Crippen LogP contribution in [0, 0.1) is 0 Å². The molecular formula is C20H23NO4. The van der Waals surface area contributed by atoms with Crippen molar-refractivity contribution < 1.29 is 19.1 Å². The fourth-order valence-electron chi connectivity index (χ4n) is 3.27. The fourth-order valence-corrected chi connectivity index (χ4v) is 3.27. The molecule has 132 valence electrons. The predicted molar refractivity (Wildman–Crippen MR) is 93.7 cm³/mol. The Hall–Kier alpha value is -2.56. The molecule has 1 unspecified atom stereocenters. The number of benzene rings is 1. The van der Waals surface area contributed by atoms with Crippen molar-refractivity contribution in [2.75, 3.05) is 0 Å². The number of furan rings is 1. The van der Waals surface area contributed by atoms with Gasteiger partial charge in [0.05, 0.1) is 6.26 Å². The molecule has 5 nitrogen and oxygen atoms in total. The summed E-state index contributed by atoms with van der Waals surface area (Å²) in [5, 5.41) is 12.1. The second-order valence-electron chi connectivity index (χ2n) is 6.84. The molecular weight excluding hydrogens is 318 g/mol. The van der Waals surface area contributed by atoms with Gasteiger partial charge in [0.2, 0.25) is 0 Å². The molecule has 0 bridgehead atoms. The van der Waals surface area contributed by atoms with Crippen LogP contribution >= 0.6 is 0 Å². The third-order valence-electron chi connectivity index (χ3n) is 4.77. The molecule has 2 N–H and O–H groups in total. The molecule has 3 rings (SSSR count). The van der Waals surface area contributed by atoms with E-state index in [0.717, 1.165) is 42.4 Å². The highest BCUT2D eigenvalue weighted by molar-refractivity contribution is 5.96. The van der Waals surface area contributed by atoms with Crippen LogP contribution in [0.3, 0.4) is 0 Å². The molecule has 1 aromatic heterocycles. The van der Waals surface area contributed by atoms with Crippen molar-refractivity contribution in [3.63, 3.8) is 0 Å². The number of hydrogen-bond acceptors (Lipinski definition) is 3. The van der Waals surface area contributed by atoms with Gasteiger partial charge in [-0.2, -0.15) is 0 Å². The van der Waals surface area contributed by atoms with Crippen LogP contribution in [-0.2, 0) is 17.6 Å². The molecule has 1 aliphatic carbocycles. The minimum atomic E-state index is -1.10. The highest BCUT2D eigenvalue weighted by atomic mass is 16.4. The predicted octanol–water partition coefficient (Wildman–Crippen LogP) is 3.84. The standard InChI is InChI=1S/C20H23NO4/c1-12(2)13-7-9-14(10-8-13)17(20(23)24)21-19(22)18-16-6-4-3-5-15(16)11-25-18/h7-12,17H,3-6H2,1-2H3,(H,21,22)(H,23,24). The van der Waals surface area contributed by atoms with Crippen LogP contribution in [0.2, 0.25) is 0 Å². The lowest BCUT2D eigenvalue weighted by Crippen LogP contribution is -2.34. The third-order valence-corrected chi connectivity index (χ3v) is 4.77. The van der Waals surface area contributed by atoms with E-state index in [1.165, 1.54) is 0 Å². The fraction of sp³-hybridized carbons (Fsp3) is 0.400. The van der Waals surface area contributed by atoms with Gasteiger partial charge in [-0.1, -0.05) is 38.1 Å². The Kier molecular flexibility index (Phi) is 4.93. The van der Waals surface area contributed by atoms with E-state index in [-0.39, 0.29) is 5.76 Å². The zero-order valence-corrected chi connectivity index (χ0v) is 14.5. The maximum atomic E-state index is 12.6. The van der Waals surface area contributed by atoms with Gasteiger partial charge in [-0.25, -0.2) is 4.79 Å². The summed E-state index contributed by atoms with van der Waals surface area (Å²) in [5.41, 5.74) is 3.65. The molecule has 0 radical (unpaired) electrons. The molecule has 0 aliphatic heterocycles. The van der Waals surface area contributed by atoms with Gasteiger partial charge >= 0.3 is 5.97 Å². The monoisotopic (exact) mass is 341 g/mol. The summed E-state index contributed by atoms with van der Waals surface area (Å²) in [6.45, 7) is 4.15. The zero-order valence-electron chi connectivity index (χ0n) is 14.5. The number of nitrogens with one attached hydrogen (secondary N) is 1. The first-order valence-electron chi connectivity index (χ1n) is 8.70. The molecule has 1 atom stereocenters. The molecule has 1 heterocycles. The second-order valence-corrected chi connectivity index (χ2v) is 6.84. The Balaban J connectivity index is 1.81. The number of fused-ring (bicyclic) bond motifs is 1. The first-order chi connectivity index (χ1) is 12.0. The van der Waals surface area contributed by atoms with Gasteiger partial charge in [0, 0.05) is 5.56 Å². The average Bonchev–Trinajstić information content (AvgIpc) is 3.03. The molecule has 0 saturated heterocycles. The quantitative estimate of drug-likeness (QED) is 0.866. The Morgan fingerprint density at radius 3 is 2.36 bits per heavy atom. The number of rotatable bonds is 5. The number of amides is 1. The minimum absolute atomic E-state index is 0.250. The molecule has 1 aromatic carbocycles. The highest BCUT2D eigenvalue weighted by Crippen LogP contribution is 2.27. The van der Waals surface area contributed by atoms with Crippen molar-refractivity contribution in [1.82, 2.24) is 5.32 Å². The summed E-state index contributed by atoms with van der Waals surface area (Å²) in [4.78, 5) is 24.2. The van der Waals surface area contributed by atoms with Gasteiger partial charge in [0.15, 0.2) is 11.8 Å². The maximum absolute atomic E-state index is 12.6. The molecule has 2 aromatic rings. The van der Waals surface area contributed by atoms with E-state index >= 15 is 0 Å². The van der Waals surface area contributed by atoms with Gasteiger partial charge in [-0.05, 0) is 48.3 Å². The second kappa shape index (κ2) is 7.13. The van der Waals surface area contributed by atoms with Crippen LogP contribution in [0.15, 0.2) is 34.9 Å². The third kappa shape index (κ3) is 3.60. The Morgan fingerprint density at radius 2 is 1.72 bits per heavy atom. The number of carboxylic acids is 1. The van der Waals surface area contributed by atoms with Gasteiger partial charge in [0.1, 0.15) is 0 Å². The van der Waals surface area contributed by atoms with Crippen LogP contribution in [0.1, 0.15) is 71.5 Å². The summed E-state index contributed by atoms with van der Waals surface area (Å²) in [6.07, 6.45) is 5.44. The van der Waals surface area contributed by atoms with E-state index < -0.39 is 17.9 Å². The lowest BCUT2D eigenvalue weighted by Gasteiger charge is -2.16. The van der Waals surface area contributed by atoms with E-state index in [9.17, 15) is 14.7 Å². The number of carboxylic acid groups (broad SMARTS) is 1. The lowest BCUT2D eigenvalue weighted by atomic mass is 9.93. The summed E-state index contributed by atoms with van der Waals surface area (Å²) in [7, 11) is 0. The van der Waals surface area contributed by atoms with Gasteiger partial charge in [-0.3, -0.25) is 4.79 Å². The molecule has 25 heavy (non-hydrogen) atoms. The van der Waals surface area contributed by atoms with Crippen molar-refractivity contribution in [2.24, 2.45) is 0 Å². The first kappa shape index (κ1) is 17.3. The van der Waals surface area contributed by atoms with Crippen LogP contribution in [-0.4, -0.2) is 17.0 Å². The lowest BCUT2D eigenvalue weighted by molar-refractivity contribution is -0.139.